The summed E-state index contributed by atoms with van der Waals surface area (Å²) in [5.74, 6) is -0.405. The Labute approximate surface area is 118 Å². The lowest BCUT2D eigenvalue weighted by molar-refractivity contribution is 0.0952. The molecular formula is C14H21FN4O. The van der Waals surface area contributed by atoms with E-state index in [-0.39, 0.29) is 11.5 Å². The molecule has 0 saturated carbocycles. The predicted molar refractivity (Wildman–Crippen MR) is 76.4 cm³/mol. The molecule has 20 heavy (non-hydrogen) atoms. The summed E-state index contributed by atoms with van der Waals surface area (Å²) in [5.41, 5.74) is 0.244. The van der Waals surface area contributed by atoms with Crippen LogP contribution in [0.15, 0.2) is 12.3 Å². The van der Waals surface area contributed by atoms with Crippen molar-refractivity contribution in [2.45, 2.75) is 19.3 Å². The minimum absolute atomic E-state index is 0.244. The van der Waals surface area contributed by atoms with Crippen molar-refractivity contribution in [3.63, 3.8) is 0 Å². The van der Waals surface area contributed by atoms with Gasteiger partial charge in [0.15, 0.2) is 0 Å². The van der Waals surface area contributed by atoms with Gasteiger partial charge in [-0.2, -0.15) is 0 Å². The maximum absolute atomic E-state index is 13.2. The first kappa shape index (κ1) is 14.7. The van der Waals surface area contributed by atoms with Gasteiger partial charge < -0.3 is 15.5 Å². The van der Waals surface area contributed by atoms with Crippen LogP contribution in [-0.4, -0.2) is 49.0 Å². The number of pyridine rings is 1. The topological polar surface area (TPSA) is 57.3 Å². The Hall–Kier alpha value is -1.69. The van der Waals surface area contributed by atoms with E-state index in [4.69, 9.17) is 0 Å². The van der Waals surface area contributed by atoms with Crippen molar-refractivity contribution < 1.29 is 9.18 Å². The van der Waals surface area contributed by atoms with Gasteiger partial charge in [-0.1, -0.05) is 0 Å². The molecule has 0 atom stereocenters. The van der Waals surface area contributed by atoms with E-state index in [1.807, 2.05) is 0 Å². The number of anilines is 1. The minimum atomic E-state index is -0.508. The van der Waals surface area contributed by atoms with E-state index >= 15 is 0 Å². The Kier molecular flexibility index (Phi) is 5.29. The Morgan fingerprint density at radius 1 is 1.45 bits per heavy atom. The first-order valence-corrected chi connectivity index (χ1v) is 7.04. The molecule has 2 N–H and O–H groups in total. The molecule has 0 bridgehead atoms. The van der Waals surface area contributed by atoms with Crippen LogP contribution >= 0.6 is 0 Å². The van der Waals surface area contributed by atoms with Crippen molar-refractivity contribution in [2.24, 2.45) is 0 Å². The van der Waals surface area contributed by atoms with Crippen LogP contribution in [0.2, 0.25) is 0 Å². The molecule has 1 amide bonds. The second kappa shape index (κ2) is 7.19. The highest BCUT2D eigenvalue weighted by Crippen LogP contribution is 2.12. The summed E-state index contributed by atoms with van der Waals surface area (Å²) in [6.45, 7) is 3.91. The first-order chi connectivity index (χ1) is 9.70. The van der Waals surface area contributed by atoms with E-state index in [1.165, 1.54) is 18.9 Å². The number of likely N-dealkylation sites (tertiary alicyclic amines) is 1. The van der Waals surface area contributed by atoms with Crippen molar-refractivity contribution in [1.82, 2.24) is 15.2 Å². The maximum atomic E-state index is 13.2. The molecule has 6 heteroatoms. The second-order valence-corrected chi connectivity index (χ2v) is 4.96. The van der Waals surface area contributed by atoms with Crippen molar-refractivity contribution in [3.05, 3.63) is 23.6 Å². The number of carbonyl (C=O) groups excluding carboxylic acids is 1. The monoisotopic (exact) mass is 280 g/mol. The molecule has 2 rings (SSSR count). The zero-order valence-corrected chi connectivity index (χ0v) is 11.8. The normalized spacial score (nSPS) is 15.3. The van der Waals surface area contributed by atoms with Crippen LogP contribution in [0.25, 0.3) is 0 Å². The van der Waals surface area contributed by atoms with Gasteiger partial charge in [-0.3, -0.25) is 4.79 Å². The molecule has 5 nitrogen and oxygen atoms in total. The van der Waals surface area contributed by atoms with Gasteiger partial charge in [0.1, 0.15) is 11.6 Å². The summed E-state index contributed by atoms with van der Waals surface area (Å²) >= 11 is 0. The number of rotatable bonds is 6. The van der Waals surface area contributed by atoms with Crippen LogP contribution in [0.4, 0.5) is 10.2 Å². The molecule has 1 fully saturated rings. The number of carbonyl (C=O) groups is 1. The summed E-state index contributed by atoms with van der Waals surface area (Å²) in [6.07, 6.45) is 4.54. The van der Waals surface area contributed by atoms with E-state index in [9.17, 15) is 9.18 Å². The van der Waals surface area contributed by atoms with E-state index in [0.717, 1.165) is 32.3 Å². The fraction of sp³-hybridized carbons (Fsp3) is 0.571. The van der Waals surface area contributed by atoms with E-state index in [0.29, 0.717) is 12.4 Å². The number of nitrogens with one attached hydrogen (secondary N) is 2. The third kappa shape index (κ3) is 3.90. The standard InChI is InChI=1S/C14H21FN4O/c1-16-13-12(9-11(15)10-18-13)14(20)17-5-4-8-19-6-2-3-7-19/h9-10H,2-8H2,1H3,(H,16,18)(H,17,20). The molecule has 1 aliphatic heterocycles. The van der Waals surface area contributed by atoms with Gasteiger partial charge in [-0.15, -0.1) is 0 Å². The highest BCUT2D eigenvalue weighted by Gasteiger charge is 2.14. The van der Waals surface area contributed by atoms with Crippen LogP contribution in [-0.2, 0) is 0 Å². The molecule has 0 aliphatic carbocycles. The summed E-state index contributed by atoms with van der Waals surface area (Å²) < 4.78 is 13.2. The highest BCUT2D eigenvalue weighted by molar-refractivity contribution is 5.98. The number of halogens is 1. The van der Waals surface area contributed by atoms with Gasteiger partial charge >= 0.3 is 0 Å². The molecular weight excluding hydrogens is 259 g/mol. The summed E-state index contributed by atoms with van der Waals surface area (Å²) in [4.78, 5) is 18.3. The fourth-order valence-electron chi connectivity index (χ4n) is 2.42. The number of nitrogens with zero attached hydrogens (tertiary/aromatic N) is 2. The summed E-state index contributed by atoms with van der Waals surface area (Å²) in [7, 11) is 1.66. The van der Waals surface area contributed by atoms with Crippen LogP contribution in [0.5, 0.6) is 0 Å². The van der Waals surface area contributed by atoms with E-state index < -0.39 is 5.82 Å². The van der Waals surface area contributed by atoms with Gasteiger partial charge in [0, 0.05) is 13.6 Å². The predicted octanol–water partition coefficient (Wildman–Crippen LogP) is 1.48. The zero-order chi connectivity index (χ0) is 14.4. The van der Waals surface area contributed by atoms with Gasteiger partial charge in [-0.05, 0) is 45.0 Å². The molecule has 1 aliphatic rings. The molecule has 1 aromatic heterocycles. The van der Waals surface area contributed by atoms with Crippen LogP contribution < -0.4 is 10.6 Å². The van der Waals surface area contributed by atoms with Crippen molar-refractivity contribution in [1.29, 1.82) is 0 Å². The molecule has 0 unspecified atom stereocenters. The number of hydrogen-bond donors (Lipinski definition) is 2. The highest BCUT2D eigenvalue weighted by atomic mass is 19.1. The molecule has 0 spiro atoms. The largest absolute Gasteiger partial charge is 0.372 e. The van der Waals surface area contributed by atoms with Crippen molar-refractivity contribution >= 4 is 11.7 Å². The quantitative estimate of drug-likeness (QED) is 0.775. The molecule has 0 radical (unpaired) electrons. The number of hydrogen-bond acceptors (Lipinski definition) is 4. The van der Waals surface area contributed by atoms with Crippen LogP contribution in [0.3, 0.4) is 0 Å². The summed E-state index contributed by atoms with van der Waals surface area (Å²) in [6, 6.07) is 1.20. The Morgan fingerprint density at radius 3 is 2.90 bits per heavy atom. The Morgan fingerprint density at radius 2 is 2.20 bits per heavy atom. The Bertz CT molecular complexity index is 460. The fourth-order valence-corrected chi connectivity index (χ4v) is 2.42. The minimum Gasteiger partial charge on any atom is -0.372 e. The van der Waals surface area contributed by atoms with E-state index in [1.54, 1.807) is 7.05 Å². The third-order valence-corrected chi connectivity index (χ3v) is 3.47. The van der Waals surface area contributed by atoms with Gasteiger partial charge in [0.05, 0.1) is 11.8 Å². The second-order valence-electron chi connectivity index (χ2n) is 4.96. The van der Waals surface area contributed by atoms with Crippen LogP contribution in [0.1, 0.15) is 29.6 Å². The third-order valence-electron chi connectivity index (χ3n) is 3.47. The average Bonchev–Trinajstić information content (AvgIpc) is 2.96. The maximum Gasteiger partial charge on any atom is 0.255 e. The molecule has 1 saturated heterocycles. The van der Waals surface area contributed by atoms with Gasteiger partial charge in [0.25, 0.3) is 5.91 Å². The number of aromatic nitrogens is 1. The first-order valence-electron chi connectivity index (χ1n) is 7.04. The lowest BCUT2D eigenvalue weighted by Crippen LogP contribution is -2.29. The SMILES string of the molecule is CNc1ncc(F)cc1C(=O)NCCCN1CCCC1. The molecule has 0 aromatic carbocycles. The lowest BCUT2D eigenvalue weighted by Gasteiger charge is -2.14. The van der Waals surface area contributed by atoms with Gasteiger partial charge in [-0.25, -0.2) is 9.37 Å². The van der Waals surface area contributed by atoms with Crippen molar-refractivity contribution in [2.75, 3.05) is 38.5 Å². The molecule has 110 valence electrons. The Balaban J connectivity index is 1.80. The number of amides is 1. The van der Waals surface area contributed by atoms with E-state index in [2.05, 4.69) is 20.5 Å². The average molecular weight is 280 g/mol. The molecule has 1 aromatic rings. The van der Waals surface area contributed by atoms with Crippen molar-refractivity contribution in [3.8, 4) is 0 Å². The molecule has 2 heterocycles. The van der Waals surface area contributed by atoms with Crippen LogP contribution in [0, 0.1) is 5.82 Å². The summed E-state index contributed by atoms with van der Waals surface area (Å²) in [5, 5.41) is 5.60. The zero-order valence-electron chi connectivity index (χ0n) is 11.8. The van der Waals surface area contributed by atoms with Gasteiger partial charge in [0.2, 0.25) is 0 Å². The lowest BCUT2D eigenvalue weighted by atomic mass is 10.2. The smallest absolute Gasteiger partial charge is 0.255 e.